The van der Waals surface area contributed by atoms with Crippen molar-refractivity contribution in [1.29, 1.82) is 5.26 Å². The van der Waals surface area contributed by atoms with Gasteiger partial charge in [0.05, 0.1) is 12.7 Å². The Morgan fingerprint density at radius 3 is 2.90 bits per heavy atom. The molecule has 5 heteroatoms. The van der Waals surface area contributed by atoms with Gasteiger partial charge < -0.3 is 9.64 Å². The lowest BCUT2D eigenvalue weighted by Crippen LogP contribution is -2.23. The molecule has 1 aliphatic heterocycles. The molecule has 3 atom stereocenters. The number of ether oxygens (including phenoxy) is 1. The maximum atomic E-state index is 12.3. The zero-order valence-corrected chi connectivity index (χ0v) is 19.3. The van der Waals surface area contributed by atoms with Gasteiger partial charge in [-0.1, -0.05) is 40.0 Å². The number of pyridine rings is 1. The van der Waals surface area contributed by atoms with E-state index in [1.54, 1.807) is 0 Å². The van der Waals surface area contributed by atoms with E-state index in [0.717, 1.165) is 44.6 Å². The maximum Gasteiger partial charge on any atom is 0.305 e. The first kappa shape index (κ1) is 24.2. The first-order chi connectivity index (χ1) is 14.5. The van der Waals surface area contributed by atoms with E-state index >= 15 is 0 Å². The normalized spacial score (nSPS) is 18.1. The summed E-state index contributed by atoms with van der Waals surface area (Å²) in [5.41, 5.74) is 2.45. The van der Waals surface area contributed by atoms with Crippen molar-refractivity contribution < 1.29 is 9.53 Å². The van der Waals surface area contributed by atoms with E-state index in [0.29, 0.717) is 31.3 Å². The fraction of sp³-hybridized carbons (Fsp3) is 0.720. The number of anilines is 1. The summed E-state index contributed by atoms with van der Waals surface area (Å²) in [7, 11) is 0. The Balaban J connectivity index is 1.93. The minimum Gasteiger partial charge on any atom is -0.465 e. The van der Waals surface area contributed by atoms with Crippen molar-refractivity contribution in [2.75, 3.05) is 24.6 Å². The summed E-state index contributed by atoms with van der Waals surface area (Å²) in [5.74, 6) is 2.08. The van der Waals surface area contributed by atoms with Crippen molar-refractivity contribution in [2.24, 2.45) is 11.8 Å². The van der Waals surface area contributed by atoms with Gasteiger partial charge in [-0.2, -0.15) is 5.26 Å². The van der Waals surface area contributed by atoms with Gasteiger partial charge in [0, 0.05) is 37.7 Å². The van der Waals surface area contributed by atoms with E-state index in [-0.39, 0.29) is 11.9 Å². The van der Waals surface area contributed by atoms with Crippen molar-refractivity contribution in [3.8, 4) is 6.07 Å². The highest BCUT2D eigenvalue weighted by molar-refractivity contribution is 5.69. The Morgan fingerprint density at radius 2 is 2.20 bits per heavy atom. The van der Waals surface area contributed by atoms with Gasteiger partial charge in [0.2, 0.25) is 0 Å². The average Bonchev–Trinajstić information content (AvgIpc) is 3.20. The van der Waals surface area contributed by atoms with Gasteiger partial charge in [-0.15, -0.1) is 0 Å². The highest BCUT2D eigenvalue weighted by Crippen LogP contribution is 2.34. The molecular weight excluding hydrogens is 374 g/mol. The molecule has 1 aliphatic rings. The minimum atomic E-state index is -0.0878. The molecule has 1 fully saturated rings. The van der Waals surface area contributed by atoms with Crippen molar-refractivity contribution in [1.82, 2.24) is 4.98 Å². The summed E-state index contributed by atoms with van der Waals surface area (Å²) in [6.45, 7) is 11.1. The van der Waals surface area contributed by atoms with Crippen LogP contribution in [-0.2, 0) is 9.53 Å². The van der Waals surface area contributed by atoms with E-state index in [2.05, 4.69) is 44.7 Å². The number of esters is 1. The fourth-order valence-electron chi connectivity index (χ4n) is 4.40. The highest BCUT2D eigenvalue weighted by atomic mass is 16.5. The second-order valence-corrected chi connectivity index (χ2v) is 8.87. The predicted molar refractivity (Wildman–Crippen MR) is 121 cm³/mol. The second kappa shape index (κ2) is 12.6. The highest BCUT2D eigenvalue weighted by Gasteiger charge is 2.27. The molecule has 1 saturated heterocycles. The first-order valence-electron chi connectivity index (χ1n) is 11.7. The van der Waals surface area contributed by atoms with Crippen LogP contribution in [0.2, 0.25) is 0 Å². The number of hydrogen-bond acceptors (Lipinski definition) is 5. The molecular formula is C25H39N3O2. The zero-order chi connectivity index (χ0) is 21.9. The number of aryl methyl sites for hydroxylation is 1. The van der Waals surface area contributed by atoms with Gasteiger partial charge in [0.15, 0.2) is 0 Å². The summed E-state index contributed by atoms with van der Waals surface area (Å²) in [4.78, 5) is 19.3. The van der Waals surface area contributed by atoms with Crippen molar-refractivity contribution in [3.05, 3.63) is 23.4 Å². The lowest BCUT2D eigenvalue weighted by molar-refractivity contribution is -0.145. The van der Waals surface area contributed by atoms with E-state index in [1.165, 1.54) is 24.0 Å². The first-order valence-corrected chi connectivity index (χ1v) is 11.7. The van der Waals surface area contributed by atoms with Crippen LogP contribution < -0.4 is 4.90 Å². The molecule has 1 aromatic rings. The van der Waals surface area contributed by atoms with Crippen LogP contribution in [0.4, 0.5) is 5.82 Å². The summed E-state index contributed by atoms with van der Waals surface area (Å²) >= 11 is 0. The van der Waals surface area contributed by atoms with Crippen LogP contribution in [0.3, 0.4) is 0 Å². The number of nitrogens with zero attached hydrogens (tertiary/aromatic N) is 3. The van der Waals surface area contributed by atoms with Crippen LogP contribution in [0, 0.1) is 30.1 Å². The molecule has 0 N–H and O–H groups in total. The molecule has 30 heavy (non-hydrogen) atoms. The number of hydrogen-bond donors (Lipinski definition) is 0. The van der Waals surface area contributed by atoms with Gasteiger partial charge in [-0.25, -0.2) is 4.98 Å². The zero-order valence-electron chi connectivity index (χ0n) is 19.3. The molecule has 166 valence electrons. The molecule has 0 spiro atoms. The third-order valence-electron chi connectivity index (χ3n) is 6.45. The van der Waals surface area contributed by atoms with Crippen molar-refractivity contribution in [3.63, 3.8) is 0 Å². The van der Waals surface area contributed by atoms with Gasteiger partial charge in [0.25, 0.3) is 0 Å². The number of unbranched alkanes of at least 4 members (excludes halogenated alkanes) is 1. The number of aromatic nitrogens is 1. The molecule has 1 aromatic heterocycles. The standard InChI is InChI=1S/C25H39N3O2/c1-5-7-8-21(6-2)18-30-23(29)10-9-19(3)24-20(4)12-15-27-25(24)28-16-13-22(17-28)11-14-26/h12,15,19,21-22H,5-11,13,16-18H2,1-4H3. The van der Waals surface area contributed by atoms with Gasteiger partial charge in [-0.3, -0.25) is 4.79 Å². The van der Waals surface area contributed by atoms with Gasteiger partial charge >= 0.3 is 5.97 Å². The van der Waals surface area contributed by atoms with E-state index < -0.39 is 0 Å². The Kier molecular flexibility index (Phi) is 10.1. The van der Waals surface area contributed by atoms with Crippen LogP contribution in [0.5, 0.6) is 0 Å². The Hall–Kier alpha value is -2.09. The molecule has 2 rings (SSSR count). The van der Waals surface area contributed by atoms with Crippen LogP contribution in [0.25, 0.3) is 0 Å². The quantitative estimate of drug-likeness (QED) is 0.407. The predicted octanol–water partition coefficient (Wildman–Crippen LogP) is 5.77. The largest absolute Gasteiger partial charge is 0.465 e. The molecule has 2 heterocycles. The molecule has 3 unspecified atom stereocenters. The van der Waals surface area contributed by atoms with Crippen LogP contribution in [-0.4, -0.2) is 30.6 Å². The van der Waals surface area contributed by atoms with Gasteiger partial charge in [-0.05, 0) is 55.6 Å². The molecule has 0 aromatic carbocycles. The number of rotatable bonds is 12. The third-order valence-corrected chi connectivity index (χ3v) is 6.45. The molecule has 0 amide bonds. The molecule has 5 nitrogen and oxygen atoms in total. The fourth-order valence-corrected chi connectivity index (χ4v) is 4.40. The minimum absolute atomic E-state index is 0.0878. The number of carbonyl (C=O) groups excluding carboxylic acids is 1. The van der Waals surface area contributed by atoms with Crippen molar-refractivity contribution in [2.45, 2.75) is 85.0 Å². The number of nitriles is 1. The Bertz CT molecular complexity index is 713. The lowest BCUT2D eigenvalue weighted by Gasteiger charge is -2.25. The van der Waals surface area contributed by atoms with Crippen LogP contribution in [0.15, 0.2) is 12.3 Å². The second-order valence-electron chi connectivity index (χ2n) is 8.87. The summed E-state index contributed by atoms with van der Waals surface area (Å²) < 4.78 is 5.58. The van der Waals surface area contributed by atoms with Crippen LogP contribution >= 0.6 is 0 Å². The summed E-state index contributed by atoms with van der Waals surface area (Å²) in [5, 5.41) is 9.00. The van der Waals surface area contributed by atoms with Crippen LogP contribution in [0.1, 0.15) is 89.2 Å². The van der Waals surface area contributed by atoms with Crippen molar-refractivity contribution >= 4 is 11.8 Å². The maximum absolute atomic E-state index is 12.3. The monoisotopic (exact) mass is 413 g/mol. The Labute approximate surface area is 182 Å². The van der Waals surface area contributed by atoms with E-state index in [1.807, 2.05) is 6.20 Å². The molecule has 0 saturated carbocycles. The topological polar surface area (TPSA) is 66.2 Å². The molecule has 0 bridgehead atoms. The lowest BCUT2D eigenvalue weighted by atomic mass is 9.92. The summed E-state index contributed by atoms with van der Waals surface area (Å²) in [6, 6.07) is 4.35. The third kappa shape index (κ3) is 7.00. The van der Waals surface area contributed by atoms with Gasteiger partial charge in [0.1, 0.15) is 5.82 Å². The molecule has 0 radical (unpaired) electrons. The SMILES string of the molecule is CCCCC(CC)COC(=O)CCC(C)c1c(C)ccnc1N1CCC(CC#N)C1. The average molecular weight is 414 g/mol. The summed E-state index contributed by atoms with van der Waals surface area (Å²) in [6.07, 6.45) is 9.30. The Morgan fingerprint density at radius 1 is 1.40 bits per heavy atom. The number of carbonyl (C=O) groups is 1. The smallest absolute Gasteiger partial charge is 0.305 e. The van der Waals surface area contributed by atoms with E-state index in [4.69, 9.17) is 15.0 Å². The molecule has 0 aliphatic carbocycles. The van der Waals surface area contributed by atoms with E-state index in [9.17, 15) is 4.79 Å².